The summed E-state index contributed by atoms with van der Waals surface area (Å²) in [6, 6.07) is 12.9. The van der Waals surface area contributed by atoms with Crippen LogP contribution in [-0.2, 0) is 6.54 Å². The highest BCUT2D eigenvalue weighted by molar-refractivity contribution is 6.31. The third-order valence-corrected chi connectivity index (χ3v) is 4.09. The Balaban J connectivity index is 1.66. The molecule has 1 heterocycles. The molecule has 1 aromatic heterocycles. The van der Waals surface area contributed by atoms with Crippen LogP contribution in [0.1, 0.15) is 21.6 Å². The topological polar surface area (TPSA) is 66.9 Å². The van der Waals surface area contributed by atoms with E-state index in [-0.39, 0.29) is 17.4 Å². The molecule has 0 saturated heterocycles. The molecule has 0 atom stereocenters. The van der Waals surface area contributed by atoms with Crippen LogP contribution in [-0.4, -0.2) is 15.9 Å². The van der Waals surface area contributed by atoms with Crippen LogP contribution in [0.2, 0.25) is 5.02 Å². The van der Waals surface area contributed by atoms with E-state index in [2.05, 4.69) is 20.6 Å². The average Bonchev–Trinajstić information content (AvgIpc) is 2.64. The zero-order chi connectivity index (χ0) is 18.5. The largest absolute Gasteiger partial charge is 0.350 e. The zero-order valence-electron chi connectivity index (χ0n) is 14.0. The minimum Gasteiger partial charge on any atom is -0.350 e. The predicted octanol–water partition coefficient (Wildman–Crippen LogP) is 4.44. The molecular formula is C19H16ClFN4O. The average molecular weight is 371 g/mol. The number of carbonyl (C=O) groups excluding carboxylic acids is 1. The van der Waals surface area contributed by atoms with Crippen LogP contribution in [0.15, 0.2) is 54.7 Å². The zero-order valence-corrected chi connectivity index (χ0v) is 14.7. The standard InChI is InChI=1S/C19H16ClFN4O/c1-12-2-7-15(10-16(12)20)24-18(26)17-8-9-22-19(25-17)23-11-13-3-5-14(21)6-4-13/h2-10H,11H2,1H3,(H,24,26)(H,22,23,25). The van der Waals surface area contributed by atoms with Gasteiger partial charge in [0.15, 0.2) is 0 Å². The van der Waals surface area contributed by atoms with Crippen molar-refractivity contribution in [2.45, 2.75) is 13.5 Å². The van der Waals surface area contributed by atoms with Gasteiger partial charge in [-0.1, -0.05) is 29.8 Å². The molecule has 0 spiro atoms. The molecule has 0 fully saturated rings. The number of nitrogens with zero attached hydrogens (tertiary/aromatic N) is 2. The lowest BCUT2D eigenvalue weighted by molar-refractivity contribution is 0.102. The van der Waals surface area contributed by atoms with Crippen molar-refractivity contribution in [3.8, 4) is 0 Å². The fourth-order valence-corrected chi connectivity index (χ4v) is 2.40. The molecule has 132 valence electrons. The van der Waals surface area contributed by atoms with Crippen molar-refractivity contribution >= 4 is 29.1 Å². The Morgan fingerprint density at radius 1 is 1.15 bits per heavy atom. The van der Waals surface area contributed by atoms with E-state index in [1.54, 1.807) is 24.3 Å². The summed E-state index contributed by atoms with van der Waals surface area (Å²) in [7, 11) is 0. The molecule has 0 aliphatic carbocycles. The Labute approximate surface area is 155 Å². The lowest BCUT2D eigenvalue weighted by Gasteiger charge is -2.08. The third-order valence-electron chi connectivity index (χ3n) is 3.68. The highest BCUT2D eigenvalue weighted by Crippen LogP contribution is 2.20. The van der Waals surface area contributed by atoms with Gasteiger partial charge >= 0.3 is 0 Å². The van der Waals surface area contributed by atoms with Gasteiger partial charge in [0, 0.05) is 23.5 Å². The maximum absolute atomic E-state index is 12.9. The number of hydrogen-bond acceptors (Lipinski definition) is 4. The van der Waals surface area contributed by atoms with E-state index in [1.807, 2.05) is 13.0 Å². The van der Waals surface area contributed by atoms with Gasteiger partial charge in [-0.25, -0.2) is 14.4 Å². The molecule has 0 unspecified atom stereocenters. The summed E-state index contributed by atoms with van der Waals surface area (Å²) >= 11 is 6.07. The molecule has 3 aromatic rings. The smallest absolute Gasteiger partial charge is 0.274 e. The van der Waals surface area contributed by atoms with E-state index in [0.717, 1.165) is 11.1 Å². The molecule has 5 nitrogen and oxygen atoms in total. The summed E-state index contributed by atoms with van der Waals surface area (Å²) in [5, 5.41) is 6.34. The molecule has 1 amide bonds. The second-order valence-corrected chi connectivity index (χ2v) is 6.07. The number of rotatable bonds is 5. The van der Waals surface area contributed by atoms with Gasteiger partial charge in [0.2, 0.25) is 5.95 Å². The van der Waals surface area contributed by atoms with Crippen LogP contribution in [0.5, 0.6) is 0 Å². The number of anilines is 2. The Bertz CT molecular complexity index is 931. The molecule has 7 heteroatoms. The van der Waals surface area contributed by atoms with Crippen LogP contribution in [0.4, 0.5) is 16.0 Å². The molecule has 0 aliphatic rings. The van der Waals surface area contributed by atoms with Crippen molar-refractivity contribution in [3.63, 3.8) is 0 Å². The van der Waals surface area contributed by atoms with Crippen molar-refractivity contribution in [1.82, 2.24) is 9.97 Å². The van der Waals surface area contributed by atoms with E-state index >= 15 is 0 Å². The van der Waals surface area contributed by atoms with Crippen molar-refractivity contribution in [2.75, 3.05) is 10.6 Å². The number of benzene rings is 2. The molecule has 3 rings (SSSR count). The first-order valence-electron chi connectivity index (χ1n) is 7.90. The fourth-order valence-electron chi connectivity index (χ4n) is 2.22. The van der Waals surface area contributed by atoms with Crippen LogP contribution in [0.25, 0.3) is 0 Å². The summed E-state index contributed by atoms with van der Waals surface area (Å²) in [6.45, 7) is 2.30. The minimum atomic E-state index is -0.364. The molecule has 0 bridgehead atoms. The summed E-state index contributed by atoms with van der Waals surface area (Å²) in [4.78, 5) is 20.7. The Hall–Kier alpha value is -2.99. The van der Waals surface area contributed by atoms with Gasteiger partial charge in [0.05, 0.1) is 0 Å². The Morgan fingerprint density at radius 3 is 2.65 bits per heavy atom. The number of amides is 1. The van der Waals surface area contributed by atoms with E-state index in [9.17, 15) is 9.18 Å². The summed E-state index contributed by atoms with van der Waals surface area (Å²) in [5.41, 5.74) is 2.61. The van der Waals surface area contributed by atoms with E-state index in [4.69, 9.17) is 11.6 Å². The molecule has 0 radical (unpaired) electrons. The van der Waals surface area contributed by atoms with Gasteiger partial charge in [-0.3, -0.25) is 4.79 Å². The second kappa shape index (κ2) is 7.93. The number of hydrogen-bond donors (Lipinski definition) is 2. The van der Waals surface area contributed by atoms with E-state index < -0.39 is 0 Å². The summed E-state index contributed by atoms with van der Waals surface area (Å²) < 4.78 is 12.9. The molecule has 26 heavy (non-hydrogen) atoms. The maximum atomic E-state index is 12.9. The summed E-state index contributed by atoms with van der Waals surface area (Å²) in [6.07, 6.45) is 1.50. The van der Waals surface area contributed by atoms with Crippen molar-refractivity contribution in [3.05, 3.63) is 82.4 Å². The summed E-state index contributed by atoms with van der Waals surface area (Å²) in [5.74, 6) is -0.346. The minimum absolute atomic E-state index is 0.221. The SMILES string of the molecule is Cc1ccc(NC(=O)c2ccnc(NCc3ccc(F)cc3)n2)cc1Cl. The van der Waals surface area contributed by atoms with Gasteiger partial charge < -0.3 is 10.6 Å². The first-order chi connectivity index (χ1) is 12.5. The van der Waals surface area contributed by atoms with Crippen LogP contribution in [0.3, 0.4) is 0 Å². The van der Waals surface area contributed by atoms with Gasteiger partial charge in [-0.05, 0) is 48.4 Å². The molecule has 2 aromatic carbocycles. The number of carbonyl (C=O) groups is 1. The van der Waals surface area contributed by atoms with E-state index in [1.165, 1.54) is 24.4 Å². The van der Waals surface area contributed by atoms with Crippen LogP contribution in [0, 0.1) is 12.7 Å². The quantitative estimate of drug-likeness (QED) is 0.696. The second-order valence-electron chi connectivity index (χ2n) is 5.66. The predicted molar refractivity (Wildman–Crippen MR) is 99.9 cm³/mol. The molecule has 2 N–H and O–H groups in total. The Kier molecular flexibility index (Phi) is 5.43. The number of aryl methyl sites for hydroxylation is 1. The third kappa shape index (κ3) is 4.55. The molecular weight excluding hydrogens is 355 g/mol. The van der Waals surface area contributed by atoms with Crippen molar-refractivity contribution in [1.29, 1.82) is 0 Å². The fraction of sp³-hybridized carbons (Fsp3) is 0.105. The lowest BCUT2D eigenvalue weighted by atomic mass is 10.2. The Morgan fingerprint density at radius 2 is 1.92 bits per heavy atom. The van der Waals surface area contributed by atoms with E-state index in [0.29, 0.717) is 23.2 Å². The van der Waals surface area contributed by atoms with Gasteiger partial charge in [0.1, 0.15) is 11.5 Å². The monoisotopic (exact) mass is 370 g/mol. The number of halogens is 2. The highest BCUT2D eigenvalue weighted by Gasteiger charge is 2.10. The van der Waals surface area contributed by atoms with Crippen molar-refractivity contribution < 1.29 is 9.18 Å². The van der Waals surface area contributed by atoms with Gasteiger partial charge in [-0.2, -0.15) is 0 Å². The molecule has 0 aliphatic heterocycles. The first-order valence-corrected chi connectivity index (χ1v) is 8.28. The first kappa shape index (κ1) is 17.8. The lowest BCUT2D eigenvalue weighted by Crippen LogP contribution is -2.15. The van der Waals surface area contributed by atoms with Crippen LogP contribution < -0.4 is 10.6 Å². The van der Waals surface area contributed by atoms with Crippen molar-refractivity contribution in [2.24, 2.45) is 0 Å². The van der Waals surface area contributed by atoms with Crippen LogP contribution >= 0.6 is 11.6 Å². The van der Waals surface area contributed by atoms with Gasteiger partial charge in [-0.15, -0.1) is 0 Å². The maximum Gasteiger partial charge on any atom is 0.274 e. The van der Waals surface area contributed by atoms with Gasteiger partial charge in [0.25, 0.3) is 5.91 Å². The number of aromatic nitrogens is 2. The highest BCUT2D eigenvalue weighted by atomic mass is 35.5. The number of nitrogens with one attached hydrogen (secondary N) is 2. The normalized spacial score (nSPS) is 10.4. The molecule has 0 saturated carbocycles.